The van der Waals surface area contributed by atoms with E-state index in [1.807, 2.05) is 4.90 Å². The van der Waals surface area contributed by atoms with Gasteiger partial charge in [-0.1, -0.05) is 35.1 Å². The number of thiazole rings is 1. The summed E-state index contributed by atoms with van der Waals surface area (Å²) >= 11 is 7.09. The lowest BCUT2D eigenvalue weighted by Crippen LogP contribution is -2.40. The highest BCUT2D eigenvalue weighted by Gasteiger charge is 2.34. The van der Waals surface area contributed by atoms with Gasteiger partial charge in [0, 0.05) is 30.1 Å². The van der Waals surface area contributed by atoms with Crippen LogP contribution in [-0.4, -0.2) is 47.1 Å². The van der Waals surface area contributed by atoms with Crippen molar-refractivity contribution in [2.24, 2.45) is 10.2 Å². The standard InChI is InChI=1S/C28H27ClF3N5O3S/c1-27(2,3)40-26(39)34-19-8-9-37(14-19)25-35-24(38)23(41-25)20(15-5-7-22-17(10-15)13-33-36-22)11-16-4-6-18(29)12-21(16)28(30,31)32/h4-7,10,12-13,19,38H,8-9,11,14H2,1-3H3,(H,34,39). The number of hydrogen-bond acceptors (Lipinski definition) is 8. The van der Waals surface area contributed by atoms with Crippen LogP contribution in [0.4, 0.5) is 23.1 Å². The highest BCUT2D eigenvalue weighted by atomic mass is 35.5. The van der Waals surface area contributed by atoms with E-state index >= 15 is 0 Å². The summed E-state index contributed by atoms with van der Waals surface area (Å²) in [5, 5.41) is 23.5. The van der Waals surface area contributed by atoms with Crippen LogP contribution in [0.25, 0.3) is 5.57 Å². The second-order valence-electron chi connectivity index (χ2n) is 10.8. The van der Waals surface area contributed by atoms with Gasteiger partial charge in [-0.2, -0.15) is 28.4 Å². The number of amides is 1. The molecule has 1 fully saturated rings. The molecule has 1 aromatic heterocycles. The maximum Gasteiger partial charge on any atom is 0.416 e. The summed E-state index contributed by atoms with van der Waals surface area (Å²) < 4.78 is 47.2. The van der Waals surface area contributed by atoms with Crippen molar-refractivity contribution in [1.29, 1.82) is 0 Å². The Labute approximate surface area is 242 Å². The predicted molar refractivity (Wildman–Crippen MR) is 151 cm³/mol. The third-order valence-electron chi connectivity index (χ3n) is 6.53. The molecule has 5 rings (SSSR count). The van der Waals surface area contributed by atoms with Gasteiger partial charge in [0.1, 0.15) is 5.60 Å². The second kappa shape index (κ2) is 11.0. The van der Waals surface area contributed by atoms with Gasteiger partial charge in [-0.15, -0.1) is 0 Å². The van der Waals surface area contributed by atoms with E-state index < -0.39 is 23.4 Å². The van der Waals surface area contributed by atoms with E-state index in [2.05, 4.69) is 20.5 Å². The number of fused-ring (bicyclic) bond motifs is 1. The average molecular weight is 606 g/mol. The Morgan fingerprint density at radius 3 is 2.73 bits per heavy atom. The third kappa shape index (κ3) is 6.65. The van der Waals surface area contributed by atoms with Crippen molar-refractivity contribution >= 4 is 46.0 Å². The number of aromatic hydroxyl groups is 1. The third-order valence-corrected chi connectivity index (χ3v) is 7.93. The topological polar surface area (TPSA) is 99.4 Å². The maximum atomic E-state index is 14.0. The Balaban J connectivity index is 1.50. The number of alkyl halides is 3. The van der Waals surface area contributed by atoms with Crippen LogP contribution in [0.1, 0.15) is 48.8 Å². The van der Waals surface area contributed by atoms with Crippen molar-refractivity contribution in [2.45, 2.75) is 51.4 Å². The van der Waals surface area contributed by atoms with Gasteiger partial charge in [-0.05, 0) is 67.8 Å². The number of halogens is 4. The number of aromatic nitrogens is 1. The van der Waals surface area contributed by atoms with E-state index in [0.717, 1.165) is 6.07 Å². The number of benzene rings is 2. The predicted octanol–water partition coefficient (Wildman–Crippen LogP) is 5.03. The number of hydrogen-bond donors (Lipinski definition) is 2. The Morgan fingerprint density at radius 1 is 1.22 bits per heavy atom. The Bertz CT molecular complexity index is 1650. The number of anilines is 1. The minimum atomic E-state index is -4.62. The smallest absolute Gasteiger partial charge is 0.416 e. The largest absolute Gasteiger partial charge is 0.492 e. The van der Waals surface area contributed by atoms with Crippen LogP contribution >= 0.6 is 22.9 Å². The first-order valence-corrected chi connectivity index (χ1v) is 14.0. The Hall–Kier alpha value is -3.64. The van der Waals surface area contributed by atoms with Crippen LogP contribution < -0.4 is 20.8 Å². The number of alkyl carbamates (subject to hydrolysis) is 1. The van der Waals surface area contributed by atoms with E-state index in [9.17, 15) is 23.1 Å². The van der Waals surface area contributed by atoms with E-state index in [4.69, 9.17) is 16.3 Å². The lowest BCUT2D eigenvalue weighted by atomic mass is 9.96. The molecule has 2 N–H and O–H groups in total. The van der Waals surface area contributed by atoms with E-state index in [1.54, 1.807) is 45.2 Å². The molecule has 3 heterocycles. The summed E-state index contributed by atoms with van der Waals surface area (Å²) in [7, 11) is 0. The zero-order chi connectivity index (χ0) is 29.5. The first kappa shape index (κ1) is 28.9. The summed E-state index contributed by atoms with van der Waals surface area (Å²) in [6.45, 7) is 6.35. The molecule has 3 aromatic rings. The molecule has 2 aliphatic rings. The first-order valence-electron chi connectivity index (χ1n) is 12.8. The zero-order valence-corrected chi connectivity index (χ0v) is 24.0. The number of nitrogens with one attached hydrogen (secondary N) is 1. The number of carbonyl (C=O) groups is 1. The van der Waals surface area contributed by atoms with E-state index in [1.165, 1.54) is 23.5 Å². The zero-order valence-electron chi connectivity index (χ0n) is 22.4. The summed E-state index contributed by atoms with van der Waals surface area (Å²) in [6, 6.07) is 8.74. The highest BCUT2D eigenvalue weighted by molar-refractivity contribution is 7.17. The minimum absolute atomic E-state index is 0.00732. The van der Waals surface area contributed by atoms with Crippen molar-refractivity contribution in [3.8, 4) is 5.88 Å². The molecule has 216 valence electrons. The molecule has 1 atom stereocenters. The number of nitrogens with zero attached hydrogens (tertiary/aromatic N) is 4. The Kier molecular flexibility index (Phi) is 7.73. The maximum absolute atomic E-state index is 14.0. The van der Waals surface area contributed by atoms with Crippen molar-refractivity contribution in [2.75, 3.05) is 18.0 Å². The minimum Gasteiger partial charge on any atom is -0.492 e. The van der Waals surface area contributed by atoms with Gasteiger partial charge in [-0.25, -0.2) is 4.79 Å². The summed E-state index contributed by atoms with van der Waals surface area (Å²) in [5.41, 5.74) is -0.289. The number of carbonyl (C=O) groups excluding carboxylic acids is 1. The number of rotatable bonds is 5. The van der Waals surface area contributed by atoms with Crippen molar-refractivity contribution in [1.82, 2.24) is 10.3 Å². The second-order valence-corrected chi connectivity index (χ2v) is 12.2. The van der Waals surface area contributed by atoms with Gasteiger partial charge >= 0.3 is 12.3 Å². The SMILES string of the molecule is CC(C)(C)OC(=O)NC1CCN(c2nc(O)c(C(Cc3ccc(Cl)cc3C(F)(F)F)=c3ccc4c(c3)C=NN=4)s2)C1. The van der Waals surface area contributed by atoms with Gasteiger partial charge in [0.25, 0.3) is 0 Å². The highest BCUT2D eigenvalue weighted by Crippen LogP contribution is 2.40. The average Bonchev–Trinajstić information content (AvgIpc) is 3.61. The molecular formula is C28H27ClF3N5O3S. The molecular weight excluding hydrogens is 579 g/mol. The van der Waals surface area contributed by atoms with Crippen LogP contribution in [0, 0.1) is 0 Å². The number of ether oxygens (including phenoxy) is 1. The van der Waals surface area contributed by atoms with Crippen LogP contribution in [-0.2, 0) is 17.3 Å². The Morgan fingerprint density at radius 2 is 2.00 bits per heavy atom. The van der Waals surface area contributed by atoms with E-state index in [0.29, 0.717) is 51.2 Å². The quantitative estimate of drug-likeness (QED) is 0.425. The fourth-order valence-electron chi connectivity index (χ4n) is 4.72. The molecule has 0 saturated carbocycles. The summed E-state index contributed by atoms with van der Waals surface area (Å²) in [6.07, 6.45) is -3.07. The molecule has 2 aromatic carbocycles. The van der Waals surface area contributed by atoms with Crippen LogP contribution in [0.5, 0.6) is 5.88 Å². The van der Waals surface area contributed by atoms with Gasteiger partial charge in [0.2, 0.25) is 5.88 Å². The molecule has 2 aliphatic heterocycles. The first-order chi connectivity index (χ1) is 19.3. The van der Waals surface area contributed by atoms with Crippen molar-refractivity contribution < 1.29 is 27.8 Å². The molecule has 41 heavy (non-hydrogen) atoms. The van der Waals surface area contributed by atoms with Gasteiger partial charge in [0.15, 0.2) is 5.13 Å². The molecule has 0 bridgehead atoms. The van der Waals surface area contributed by atoms with Gasteiger partial charge in [-0.3, -0.25) is 0 Å². The molecule has 0 radical (unpaired) electrons. The summed E-state index contributed by atoms with van der Waals surface area (Å²) in [5.74, 6) is -0.287. The lowest BCUT2D eigenvalue weighted by Gasteiger charge is -2.22. The fraction of sp³-hybridized carbons (Fsp3) is 0.357. The molecule has 0 aliphatic carbocycles. The van der Waals surface area contributed by atoms with Crippen LogP contribution in [0.2, 0.25) is 5.02 Å². The van der Waals surface area contributed by atoms with Crippen LogP contribution in [0.15, 0.2) is 46.6 Å². The molecule has 1 amide bonds. The van der Waals surface area contributed by atoms with Crippen molar-refractivity contribution in [3.05, 3.63) is 73.6 Å². The fourth-order valence-corrected chi connectivity index (χ4v) is 5.95. The summed E-state index contributed by atoms with van der Waals surface area (Å²) in [4.78, 5) is 18.8. The molecule has 1 saturated heterocycles. The molecule has 0 spiro atoms. The van der Waals surface area contributed by atoms with Gasteiger partial charge < -0.3 is 20.1 Å². The lowest BCUT2D eigenvalue weighted by molar-refractivity contribution is -0.138. The van der Waals surface area contributed by atoms with Crippen molar-refractivity contribution in [3.63, 3.8) is 0 Å². The molecule has 13 heteroatoms. The van der Waals surface area contributed by atoms with E-state index in [-0.39, 0.29) is 28.9 Å². The molecule has 8 nitrogen and oxygen atoms in total. The van der Waals surface area contributed by atoms with Gasteiger partial charge in [0.05, 0.1) is 28.1 Å². The molecule has 1 unspecified atom stereocenters. The van der Waals surface area contributed by atoms with Crippen LogP contribution in [0.3, 0.4) is 0 Å². The normalized spacial score (nSPS) is 17.3. The monoisotopic (exact) mass is 605 g/mol.